The van der Waals surface area contributed by atoms with Crippen LogP contribution in [0.3, 0.4) is 0 Å². The van der Waals surface area contributed by atoms with Gasteiger partial charge in [-0.05, 0) is 19.3 Å². The minimum atomic E-state index is -0.700. The number of nitrogens with zero attached hydrogens (tertiary/aromatic N) is 1. The van der Waals surface area contributed by atoms with Crippen molar-refractivity contribution in [2.45, 2.75) is 25.4 Å². The van der Waals surface area contributed by atoms with Gasteiger partial charge >= 0.3 is 0 Å². The number of hydrogen-bond donors (Lipinski definition) is 2. The van der Waals surface area contributed by atoms with Crippen LogP contribution in [0.15, 0.2) is 6.07 Å². The number of ether oxygens (including phenoxy) is 1. The van der Waals surface area contributed by atoms with Crippen molar-refractivity contribution in [2.24, 2.45) is 0 Å². The lowest BCUT2D eigenvalue weighted by molar-refractivity contribution is 0.0247. The topological polar surface area (TPSA) is 46.2 Å². The van der Waals surface area contributed by atoms with Gasteiger partial charge in [0.05, 0.1) is 6.10 Å². The van der Waals surface area contributed by atoms with Gasteiger partial charge in [0.15, 0.2) is 23.3 Å². The quantitative estimate of drug-likeness (QED) is 0.869. The van der Waals surface area contributed by atoms with E-state index in [4.69, 9.17) is 4.74 Å². The second-order valence-electron chi connectivity index (χ2n) is 4.27. The van der Waals surface area contributed by atoms with E-state index in [1.807, 2.05) is 0 Å². The van der Waals surface area contributed by atoms with Crippen molar-refractivity contribution in [3.63, 3.8) is 0 Å². The van der Waals surface area contributed by atoms with Gasteiger partial charge in [-0.15, -0.1) is 0 Å². The van der Waals surface area contributed by atoms with Gasteiger partial charge in [-0.1, -0.05) is 0 Å². The maximum absolute atomic E-state index is 13.5. The molecule has 0 spiro atoms. The zero-order valence-corrected chi connectivity index (χ0v) is 10.3. The van der Waals surface area contributed by atoms with Crippen LogP contribution < -0.4 is 10.6 Å². The third kappa shape index (κ3) is 3.07. The van der Waals surface area contributed by atoms with E-state index >= 15 is 0 Å². The number of aromatic nitrogens is 1. The highest BCUT2D eigenvalue weighted by Gasteiger charge is 2.16. The summed E-state index contributed by atoms with van der Waals surface area (Å²) in [6, 6.07) is 0.822. The summed E-state index contributed by atoms with van der Waals surface area (Å²) in [4.78, 5) is 3.85. The molecule has 1 fully saturated rings. The molecule has 0 radical (unpaired) electrons. The fraction of sp³-hybridized carbons (Fsp3) is 0.583. The van der Waals surface area contributed by atoms with Crippen LogP contribution in [0.25, 0.3) is 0 Å². The van der Waals surface area contributed by atoms with E-state index in [1.54, 1.807) is 0 Å². The third-order valence-electron chi connectivity index (χ3n) is 2.94. The predicted molar refractivity (Wildman–Crippen MR) is 65.8 cm³/mol. The Hall–Kier alpha value is -1.43. The van der Waals surface area contributed by atoms with Gasteiger partial charge in [-0.3, -0.25) is 0 Å². The molecular weight excluding hydrogens is 240 g/mol. The van der Waals surface area contributed by atoms with Crippen molar-refractivity contribution in [3.05, 3.63) is 17.7 Å². The number of rotatable bonds is 4. The number of anilines is 2. The fourth-order valence-electron chi connectivity index (χ4n) is 1.94. The van der Waals surface area contributed by atoms with Crippen molar-refractivity contribution in [2.75, 3.05) is 30.8 Å². The van der Waals surface area contributed by atoms with Crippen molar-refractivity contribution >= 4 is 11.6 Å². The van der Waals surface area contributed by atoms with Crippen LogP contribution in [-0.4, -0.2) is 31.3 Å². The van der Waals surface area contributed by atoms with Crippen LogP contribution in [0, 0.1) is 11.6 Å². The zero-order chi connectivity index (χ0) is 13.0. The first kappa shape index (κ1) is 13.0. The SMILES string of the molecule is CNc1nc(NCC2CCCCO2)c(F)cc1F. The summed E-state index contributed by atoms with van der Waals surface area (Å²) in [6.07, 6.45) is 3.22. The van der Waals surface area contributed by atoms with E-state index in [-0.39, 0.29) is 17.7 Å². The molecule has 2 heterocycles. The molecule has 1 atom stereocenters. The van der Waals surface area contributed by atoms with Gasteiger partial charge in [0, 0.05) is 26.3 Å². The van der Waals surface area contributed by atoms with Crippen LogP contribution in [-0.2, 0) is 4.74 Å². The van der Waals surface area contributed by atoms with E-state index in [2.05, 4.69) is 15.6 Å². The van der Waals surface area contributed by atoms with Crippen molar-refractivity contribution in [1.29, 1.82) is 0 Å². The first-order chi connectivity index (χ1) is 8.70. The number of halogens is 2. The molecule has 2 rings (SSSR count). The highest BCUT2D eigenvalue weighted by molar-refractivity contribution is 5.47. The number of nitrogens with one attached hydrogen (secondary N) is 2. The lowest BCUT2D eigenvalue weighted by Crippen LogP contribution is -2.27. The van der Waals surface area contributed by atoms with Gasteiger partial charge in [-0.2, -0.15) is 0 Å². The van der Waals surface area contributed by atoms with Crippen molar-refractivity contribution in [3.8, 4) is 0 Å². The van der Waals surface area contributed by atoms with Crippen LogP contribution in [0.4, 0.5) is 20.4 Å². The average molecular weight is 257 g/mol. The fourth-order valence-corrected chi connectivity index (χ4v) is 1.94. The summed E-state index contributed by atoms with van der Waals surface area (Å²) >= 11 is 0. The minimum absolute atomic E-state index is 0.0310. The average Bonchev–Trinajstić information content (AvgIpc) is 2.39. The van der Waals surface area contributed by atoms with Crippen LogP contribution in [0.1, 0.15) is 19.3 Å². The Balaban J connectivity index is 1.99. The molecule has 1 unspecified atom stereocenters. The van der Waals surface area contributed by atoms with Crippen LogP contribution in [0.2, 0.25) is 0 Å². The Morgan fingerprint density at radius 1 is 1.33 bits per heavy atom. The van der Waals surface area contributed by atoms with E-state index in [0.717, 1.165) is 31.9 Å². The molecule has 0 amide bonds. The lowest BCUT2D eigenvalue weighted by Gasteiger charge is -2.23. The highest BCUT2D eigenvalue weighted by Crippen LogP contribution is 2.19. The van der Waals surface area contributed by atoms with Gasteiger partial charge in [-0.25, -0.2) is 13.8 Å². The maximum Gasteiger partial charge on any atom is 0.168 e. The molecular formula is C12H17F2N3O. The monoisotopic (exact) mass is 257 g/mol. The van der Waals surface area contributed by atoms with Gasteiger partial charge < -0.3 is 15.4 Å². The molecule has 0 saturated carbocycles. The molecule has 1 aliphatic heterocycles. The molecule has 2 N–H and O–H groups in total. The van der Waals surface area contributed by atoms with Gasteiger partial charge in [0.25, 0.3) is 0 Å². The molecule has 1 aromatic rings. The van der Waals surface area contributed by atoms with Gasteiger partial charge in [0.2, 0.25) is 0 Å². The molecule has 6 heteroatoms. The summed E-state index contributed by atoms with van der Waals surface area (Å²) in [6.45, 7) is 1.23. The highest BCUT2D eigenvalue weighted by atomic mass is 19.1. The van der Waals surface area contributed by atoms with E-state index < -0.39 is 11.6 Å². The number of hydrogen-bond acceptors (Lipinski definition) is 4. The second-order valence-corrected chi connectivity index (χ2v) is 4.27. The van der Waals surface area contributed by atoms with Crippen LogP contribution >= 0.6 is 0 Å². The van der Waals surface area contributed by atoms with E-state index in [9.17, 15) is 8.78 Å². The zero-order valence-electron chi connectivity index (χ0n) is 10.3. The smallest absolute Gasteiger partial charge is 0.168 e. The summed E-state index contributed by atoms with van der Waals surface area (Å²) in [5, 5.41) is 5.44. The summed E-state index contributed by atoms with van der Waals surface area (Å²) in [5.41, 5.74) is 0. The molecule has 1 aromatic heterocycles. The summed E-state index contributed by atoms with van der Waals surface area (Å²) in [5.74, 6) is -1.31. The Morgan fingerprint density at radius 3 is 2.78 bits per heavy atom. The van der Waals surface area contributed by atoms with E-state index in [1.165, 1.54) is 7.05 Å². The molecule has 100 valence electrons. The van der Waals surface area contributed by atoms with Crippen LogP contribution in [0.5, 0.6) is 0 Å². The summed E-state index contributed by atoms with van der Waals surface area (Å²) in [7, 11) is 1.54. The standard InChI is InChI=1S/C12H17F2N3O/c1-15-11-9(13)6-10(14)12(17-11)16-7-8-4-2-3-5-18-8/h6,8H,2-5,7H2,1H3,(H2,15,16,17). The summed E-state index contributed by atoms with van der Waals surface area (Å²) < 4.78 is 32.2. The second kappa shape index (κ2) is 5.95. The van der Waals surface area contributed by atoms with Crippen molar-refractivity contribution in [1.82, 2.24) is 4.98 Å². The maximum atomic E-state index is 13.5. The van der Waals surface area contributed by atoms with Crippen molar-refractivity contribution < 1.29 is 13.5 Å². The minimum Gasteiger partial charge on any atom is -0.376 e. The van der Waals surface area contributed by atoms with E-state index in [0.29, 0.717) is 6.54 Å². The predicted octanol–water partition coefficient (Wildman–Crippen LogP) is 2.38. The molecule has 1 saturated heterocycles. The molecule has 1 aliphatic rings. The molecule has 18 heavy (non-hydrogen) atoms. The number of pyridine rings is 1. The Morgan fingerprint density at radius 2 is 2.11 bits per heavy atom. The lowest BCUT2D eigenvalue weighted by atomic mass is 10.1. The third-order valence-corrected chi connectivity index (χ3v) is 2.94. The Labute approximate surface area is 105 Å². The van der Waals surface area contributed by atoms with Gasteiger partial charge in [0.1, 0.15) is 0 Å². The largest absolute Gasteiger partial charge is 0.376 e. The Bertz CT molecular complexity index is 409. The molecule has 0 bridgehead atoms. The Kier molecular flexibility index (Phi) is 4.30. The molecule has 0 aromatic carbocycles. The first-order valence-corrected chi connectivity index (χ1v) is 6.10. The molecule has 4 nitrogen and oxygen atoms in total. The normalized spacial score (nSPS) is 19.6. The molecule has 0 aliphatic carbocycles. The first-order valence-electron chi connectivity index (χ1n) is 6.10.